The average Bonchev–Trinajstić information content (AvgIpc) is 3.56. The Balaban J connectivity index is 1.34. The van der Waals surface area contributed by atoms with Crippen LogP contribution in [0.5, 0.6) is 0 Å². The maximum absolute atomic E-state index is 13.6. The van der Waals surface area contributed by atoms with E-state index in [1.165, 1.54) is 0 Å². The van der Waals surface area contributed by atoms with Crippen LogP contribution in [-0.4, -0.2) is 45.8 Å². The molecule has 1 aliphatic heterocycles. The Morgan fingerprint density at radius 2 is 2.10 bits per heavy atom. The van der Waals surface area contributed by atoms with Crippen molar-refractivity contribution < 1.29 is 9.47 Å². The second-order valence-corrected chi connectivity index (χ2v) is 10.3. The van der Waals surface area contributed by atoms with Gasteiger partial charge in [0.2, 0.25) is 5.95 Å². The molecule has 0 spiro atoms. The SMILES string of the molecule is CCOC#Cc1cc2cnc(Nc3ccc(C4CNCCO4)cc3)nc2n(Cc2cccc(-c3nccs3)c2)c1=O. The van der Waals surface area contributed by atoms with Gasteiger partial charge in [-0.2, -0.15) is 4.98 Å². The molecule has 10 heteroatoms. The molecule has 4 heterocycles. The highest BCUT2D eigenvalue weighted by Gasteiger charge is 2.16. The lowest BCUT2D eigenvalue weighted by Gasteiger charge is -2.24. The van der Waals surface area contributed by atoms with Crippen LogP contribution in [-0.2, 0) is 16.0 Å². The van der Waals surface area contributed by atoms with Crippen LogP contribution in [0.1, 0.15) is 29.7 Å². The van der Waals surface area contributed by atoms with Crippen molar-refractivity contribution in [2.24, 2.45) is 0 Å². The van der Waals surface area contributed by atoms with Crippen molar-refractivity contribution in [1.29, 1.82) is 0 Å². The summed E-state index contributed by atoms with van der Waals surface area (Å²) in [6, 6.07) is 17.8. The first-order valence-corrected chi connectivity index (χ1v) is 14.3. The fourth-order valence-electron chi connectivity index (χ4n) is 4.66. The molecule has 6 rings (SSSR count). The first-order valence-electron chi connectivity index (χ1n) is 13.4. The number of ether oxygens (including phenoxy) is 2. The number of benzene rings is 2. The van der Waals surface area contributed by atoms with Crippen molar-refractivity contribution in [1.82, 2.24) is 24.8 Å². The summed E-state index contributed by atoms with van der Waals surface area (Å²) < 4.78 is 12.7. The minimum Gasteiger partial charge on any atom is -0.447 e. The topological polar surface area (TPSA) is 103 Å². The van der Waals surface area contributed by atoms with E-state index in [9.17, 15) is 4.79 Å². The maximum Gasteiger partial charge on any atom is 0.268 e. The first-order chi connectivity index (χ1) is 20.2. The molecule has 0 bridgehead atoms. The predicted molar refractivity (Wildman–Crippen MR) is 160 cm³/mol. The Bertz CT molecular complexity index is 1770. The fraction of sp³-hybridized carbons (Fsp3) is 0.226. The number of hydrogen-bond acceptors (Lipinski definition) is 9. The normalized spacial score (nSPS) is 14.8. The van der Waals surface area contributed by atoms with E-state index in [4.69, 9.17) is 14.5 Å². The zero-order chi connectivity index (χ0) is 28.0. The van der Waals surface area contributed by atoms with E-state index in [2.05, 4.69) is 32.6 Å². The van der Waals surface area contributed by atoms with Crippen LogP contribution in [0.2, 0.25) is 0 Å². The molecule has 1 aliphatic rings. The molecule has 206 valence electrons. The monoisotopic (exact) mass is 564 g/mol. The minimum absolute atomic E-state index is 0.0401. The van der Waals surface area contributed by atoms with Gasteiger partial charge in [0.05, 0.1) is 31.4 Å². The van der Waals surface area contributed by atoms with Crippen molar-refractivity contribution in [3.8, 4) is 22.6 Å². The summed E-state index contributed by atoms with van der Waals surface area (Å²) >= 11 is 1.57. The number of morpholine rings is 1. The van der Waals surface area contributed by atoms with Gasteiger partial charge in [0.15, 0.2) is 0 Å². The van der Waals surface area contributed by atoms with Crippen LogP contribution >= 0.6 is 11.3 Å². The summed E-state index contributed by atoms with van der Waals surface area (Å²) in [5.41, 5.74) is 4.46. The Hall–Kier alpha value is -4.56. The Morgan fingerprint density at radius 1 is 1.20 bits per heavy atom. The standard InChI is InChI=1S/C31H28N6O3S/c1-2-39-13-10-24-17-25-18-34-31(35-26-8-6-22(7-9-26)27-19-32-11-14-40-27)36-28(25)37(30(24)38)20-21-4-3-5-23(16-21)29-33-12-15-41-29/h3-9,12,15-18,27,32H,2,11,14,19-20H2,1H3,(H,34,35,36). The maximum atomic E-state index is 13.6. The van der Waals surface area contributed by atoms with Gasteiger partial charge >= 0.3 is 0 Å². The van der Waals surface area contributed by atoms with E-state index >= 15 is 0 Å². The van der Waals surface area contributed by atoms with E-state index < -0.39 is 0 Å². The molecule has 1 fully saturated rings. The van der Waals surface area contributed by atoms with Gasteiger partial charge in [-0.1, -0.05) is 30.3 Å². The van der Waals surface area contributed by atoms with E-state index in [1.807, 2.05) is 60.8 Å². The number of anilines is 2. The van der Waals surface area contributed by atoms with E-state index in [0.29, 0.717) is 42.3 Å². The van der Waals surface area contributed by atoms with Gasteiger partial charge in [-0.25, -0.2) is 9.97 Å². The third-order valence-electron chi connectivity index (χ3n) is 6.64. The highest BCUT2D eigenvalue weighted by Crippen LogP contribution is 2.25. The summed E-state index contributed by atoms with van der Waals surface area (Å²) in [5, 5.41) is 10.2. The van der Waals surface area contributed by atoms with Crippen LogP contribution in [0.25, 0.3) is 21.6 Å². The quantitative estimate of drug-likeness (QED) is 0.274. The smallest absolute Gasteiger partial charge is 0.268 e. The molecule has 2 N–H and O–H groups in total. The predicted octanol–water partition coefficient (Wildman–Crippen LogP) is 4.71. The number of aromatic nitrogens is 4. The molecule has 5 aromatic rings. The van der Waals surface area contributed by atoms with Gasteiger partial charge in [-0.05, 0) is 48.2 Å². The minimum atomic E-state index is -0.251. The number of thiazole rings is 1. The number of rotatable bonds is 7. The number of pyridine rings is 1. The van der Waals surface area contributed by atoms with Crippen molar-refractivity contribution in [3.63, 3.8) is 0 Å². The van der Waals surface area contributed by atoms with Gasteiger partial charge < -0.3 is 20.1 Å². The molecular formula is C31H28N6O3S. The van der Waals surface area contributed by atoms with Crippen LogP contribution in [0, 0.1) is 12.0 Å². The zero-order valence-corrected chi connectivity index (χ0v) is 23.3. The summed E-state index contributed by atoms with van der Waals surface area (Å²) in [6.45, 7) is 4.95. The lowest BCUT2D eigenvalue weighted by molar-refractivity contribution is 0.0277. The number of nitrogens with zero attached hydrogens (tertiary/aromatic N) is 4. The van der Waals surface area contributed by atoms with Crippen molar-refractivity contribution in [2.75, 3.05) is 31.6 Å². The molecular weight excluding hydrogens is 536 g/mol. The molecule has 3 aromatic heterocycles. The molecule has 0 saturated carbocycles. The van der Waals surface area contributed by atoms with Gasteiger partial charge in [-0.3, -0.25) is 9.36 Å². The third kappa shape index (κ3) is 6.12. The van der Waals surface area contributed by atoms with Gasteiger partial charge in [0, 0.05) is 47.5 Å². The molecule has 9 nitrogen and oxygen atoms in total. The molecule has 2 aromatic carbocycles. The van der Waals surface area contributed by atoms with Gasteiger partial charge in [0.25, 0.3) is 5.56 Å². The number of nitrogens with one attached hydrogen (secondary N) is 2. The number of fused-ring (bicyclic) bond motifs is 1. The second-order valence-electron chi connectivity index (χ2n) is 9.43. The molecule has 1 saturated heterocycles. The lowest BCUT2D eigenvalue weighted by atomic mass is 10.1. The summed E-state index contributed by atoms with van der Waals surface area (Å²) in [6.07, 6.45) is 6.14. The Labute approximate surface area is 241 Å². The summed E-state index contributed by atoms with van der Waals surface area (Å²) in [4.78, 5) is 27.4. The summed E-state index contributed by atoms with van der Waals surface area (Å²) in [7, 11) is 0. The van der Waals surface area contributed by atoms with E-state index in [1.54, 1.807) is 34.4 Å². The molecule has 0 aliphatic carbocycles. The molecule has 0 amide bonds. The Kier molecular flexibility index (Phi) is 8.00. The zero-order valence-electron chi connectivity index (χ0n) is 22.5. The lowest BCUT2D eigenvalue weighted by Crippen LogP contribution is -2.33. The van der Waals surface area contributed by atoms with Gasteiger partial charge in [0.1, 0.15) is 16.8 Å². The van der Waals surface area contributed by atoms with Crippen LogP contribution < -0.4 is 16.2 Å². The van der Waals surface area contributed by atoms with E-state index in [0.717, 1.165) is 40.5 Å². The molecule has 0 radical (unpaired) electrons. The van der Waals surface area contributed by atoms with Crippen LogP contribution in [0.15, 0.2) is 77.2 Å². The van der Waals surface area contributed by atoms with Gasteiger partial charge in [-0.15, -0.1) is 11.3 Å². The molecule has 1 unspecified atom stereocenters. The van der Waals surface area contributed by atoms with Crippen molar-refractivity contribution in [2.45, 2.75) is 19.6 Å². The molecule has 41 heavy (non-hydrogen) atoms. The van der Waals surface area contributed by atoms with Crippen molar-refractivity contribution in [3.05, 3.63) is 99.4 Å². The average molecular weight is 565 g/mol. The Morgan fingerprint density at radius 3 is 2.88 bits per heavy atom. The van der Waals surface area contributed by atoms with E-state index in [-0.39, 0.29) is 11.7 Å². The highest BCUT2D eigenvalue weighted by molar-refractivity contribution is 7.13. The van der Waals surface area contributed by atoms with Crippen LogP contribution in [0.4, 0.5) is 11.6 Å². The number of hydrogen-bond donors (Lipinski definition) is 2. The largest absolute Gasteiger partial charge is 0.447 e. The molecule has 1 atom stereocenters. The summed E-state index contributed by atoms with van der Waals surface area (Å²) in [5.74, 6) is 3.24. The third-order valence-corrected chi connectivity index (χ3v) is 7.46. The van der Waals surface area contributed by atoms with Crippen molar-refractivity contribution >= 4 is 34.0 Å². The van der Waals surface area contributed by atoms with Crippen LogP contribution in [0.3, 0.4) is 0 Å². The second kappa shape index (κ2) is 12.3. The fourth-order valence-corrected chi connectivity index (χ4v) is 5.30. The first kappa shape index (κ1) is 26.7. The highest BCUT2D eigenvalue weighted by atomic mass is 32.1.